The van der Waals surface area contributed by atoms with Crippen molar-refractivity contribution in [2.45, 2.75) is 12.8 Å². The van der Waals surface area contributed by atoms with E-state index in [-0.39, 0.29) is 0 Å². The van der Waals surface area contributed by atoms with Crippen molar-refractivity contribution in [1.82, 2.24) is 9.97 Å². The van der Waals surface area contributed by atoms with Crippen LogP contribution in [-0.2, 0) is 0 Å². The lowest BCUT2D eigenvalue weighted by molar-refractivity contribution is 0.515. The van der Waals surface area contributed by atoms with E-state index < -0.39 is 0 Å². The first-order chi connectivity index (χ1) is 9.33. The minimum absolute atomic E-state index is 0.306. The highest BCUT2D eigenvalue weighted by molar-refractivity contribution is 7.99. The van der Waals surface area contributed by atoms with Crippen LogP contribution in [-0.4, -0.2) is 28.0 Å². The quantitative estimate of drug-likeness (QED) is 0.873. The number of para-hydroxylation sites is 1. The third-order valence-electron chi connectivity index (χ3n) is 3.47. The Morgan fingerprint density at radius 2 is 2.00 bits per heavy atom. The Labute approximate surface area is 122 Å². The van der Waals surface area contributed by atoms with Gasteiger partial charge in [0.2, 0.25) is 5.28 Å². The highest BCUT2D eigenvalue weighted by atomic mass is 35.5. The van der Waals surface area contributed by atoms with Gasteiger partial charge in [0.05, 0.1) is 5.52 Å². The van der Waals surface area contributed by atoms with E-state index in [4.69, 9.17) is 11.6 Å². The number of aromatic nitrogens is 2. The number of hydrogen-bond acceptors (Lipinski definition) is 4. The largest absolute Gasteiger partial charge is 0.369 e. The molecule has 1 N–H and O–H groups in total. The Bertz CT molecular complexity index is 570. The fourth-order valence-electron chi connectivity index (χ4n) is 2.37. The smallest absolute Gasteiger partial charge is 0.224 e. The van der Waals surface area contributed by atoms with E-state index in [9.17, 15) is 0 Å². The van der Waals surface area contributed by atoms with Gasteiger partial charge in [-0.3, -0.25) is 0 Å². The number of rotatable bonds is 3. The summed E-state index contributed by atoms with van der Waals surface area (Å²) >= 11 is 8.03. The maximum atomic E-state index is 5.98. The molecular weight excluding hydrogens is 278 g/mol. The van der Waals surface area contributed by atoms with E-state index in [0.29, 0.717) is 5.28 Å². The number of nitrogens with one attached hydrogen (secondary N) is 1. The topological polar surface area (TPSA) is 37.8 Å². The standard InChI is InChI=1S/C14H16ClN3S/c15-14-17-12-4-2-1-3-11(12)13(18-14)16-9-10-5-7-19-8-6-10/h1-4,10H,5-9H2,(H,16,17,18). The molecule has 0 amide bonds. The molecule has 0 unspecified atom stereocenters. The Balaban J connectivity index is 1.79. The Hall–Kier alpha value is -1.00. The summed E-state index contributed by atoms with van der Waals surface area (Å²) in [6.07, 6.45) is 2.57. The van der Waals surface area contributed by atoms with Crippen molar-refractivity contribution < 1.29 is 0 Å². The molecule has 100 valence electrons. The second kappa shape index (κ2) is 5.97. The fraction of sp³-hybridized carbons (Fsp3) is 0.429. The van der Waals surface area contributed by atoms with Crippen LogP contribution in [0.25, 0.3) is 10.9 Å². The minimum Gasteiger partial charge on any atom is -0.369 e. The zero-order valence-corrected chi connectivity index (χ0v) is 12.2. The van der Waals surface area contributed by atoms with Crippen LogP contribution in [0.3, 0.4) is 0 Å². The molecule has 2 aromatic rings. The lowest BCUT2D eigenvalue weighted by Crippen LogP contribution is -2.19. The van der Waals surface area contributed by atoms with Gasteiger partial charge in [-0.2, -0.15) is 11.8 Å². The summed E-state index contributed by atoms with van der Waals surface area (Å²) in [7, 11) is 0. The summed E-state index contributed by atoms with van der Waals surface area (Å²) in [5.74, 6) is 4.15. The zero-order valence-electron chi connectivity index (χ0n) is 10.6. The van der Waals surface area contributed by atoms with Crippen molar-refractivity contribution in [2.75, 3.05) is 23.4 Å². The Morgan fingerprint density at radius 3 is 2.84 bits per heavy atom. The van der Waals surface area contributed by atoms with Gasteiger partial charge in [0.15, 0.2) is 0 Å². The van der Waals surface area contributed by atoms with E-state index in [2.05, 4.69) is 27.0 Å². The highest BCUT2D eigenvalue weighted by Gasteiger charge is 2.14. The van der Waals surface area contributed by atoms with Crippen LogP contribution in [0.1, 0.15) is 12.8 Å². The van der Waals surface area contributed by atoms with Gasteiger partial charge in [0, 0.05) is 11.9 Å². The molecule has 0 spiro atoms. The fourth-order valence-corrected chi connectivity index (χ4v) is 3.75. The van der Waals surface area contributed by atoms with Gasteiger partial charge in [-0.05, 0) is 54.0 Å². The summed E-state index contributed by atoms with van der Waals surface area (Å²) in [5.41, 5.74) is 0.893. The monoisotopic (exact) mass is 293 g/mol. The normalized spacial score (nSPS) is 16.7. The first-order valence-corrected chi connectivity index (χ1v) is 8.10. The predicted octanol–water partition coefficient (Wildman–Crippen LogP) is 3.84. The van der Waals surface area contributed by atoms with Crippen LogP contribution in [0, 0.1) is 5.92 Å². The number of halogens is 1. The number of nitrogens with zero attached hydrogens (tertiary/aromatic N) is 2. The zero-order chi connectivity index (χ0) is 13.1. The van der Waals surface area contributed by atoms with Crippen molar-refractivity contribution >= 4 is 40.1 Å². The maximum Gasteiger partial charge on any atom is 0.224 e. The van der Waals surface area contributed by atoms with E-state index in [1.807, 2.05) is 24.3 Å². The summed E-state index contributed by atoms with van der Waals surface area (Å²) in [5, 5.41) is 4.80. The summed E-state index contributed by atoms with van der Waals surface area (Å²) in [6, 6.07) is 7.96. The van der Waals surface area contributed by atoms with E-state index in [0.717, 1.165) is 29.2 Å². The van der Waals surface area contributed by atoms with Gasteiger partial charge in [-0.15, -0.1) is 0 Å². The first kappa shape index (κ1) is 13.0. The summed E-state index contributed by atoms with van der Waals surface area (Å²) in [4.78, 5) is 8.57. The molecule has 3 nitrogen and oxygen atoms in total. The average Bonchev–Trinajstić information content (AvgIpc) is 2.45. The van der Waals surface area contributed by atoms with Gasteiger partial charge >= 0.3 is 0 Å². The van der Waals surface area contributed by atoms with Gasteiger partial charge in [-0.1, -0.05) is 12.1 Å². The maximum absolute atomic E-state index is 5.98. The molecule has 1 aliphatic rings. The summed E-state index contributed by atoms with van der Waals surface area (Å²) < 4.78 is 0. The van der Waals surface area contributed by atoms with Crippen molar-refractivity contribution in [3.8, 4) is 0 Å². The third-order valence-corrected chi connectivity index (χ3v) is 4.69. The van der Waals surface area contributed by atoms with Crippen LogP contribution in [0.2, 0.25) is 5.28 Å². The molecule has 0 aliphatic carbocycles. The second-order valence-corrected chi connectivity index (χ2v) is 6.36. The van der Waals surface area contributed by atoms with Crippen molar-refractivity contribution in [3.63, 3.8) is 0 Å². The molecule has 0 radical (unpaired) electrons. The number of hydrogen-bond donors (Lipinski definition) is 1. The first-order valence-electron chi connectivity index (χ1n) is 6.57. The number of benzene rings is 1. The van der Waals surface area contributed by atoms with E-state index >= 15 is 0 Å². The van der Waals surface area contributed by atoms with Crippen LogP contribution in [0.15, 0.2) is 24.3 Å². The molecule has 5 heteroatoms. The molecular formula is C14H16ClN3S. The predicted molar refractivity (Wildman–Crippen MR) is 83.1 cm³/mol. The van der Waals surface area contributed by atoms with Crippen LogP contribution < -0.4 is 5.32 Å². The molecule has 19 heavy (non-hydrogen) atoms. The van der Waals surface area contributed by atoms with Crippen LogP contribution in [0.4, 0.5) is 5.82 Å². The van der Waals surface area contributed by atoms with Gasteiger partial charge in [0.25, 0.3) is 0 Å². The molecule has 0 atom stereocenters. The van der Waals surface area contributed by atoms with Crippen LogP contribution in [0.5, 0.6) is 0 Å². The van der Waals surface area contributed by atoms with Crippen LogP contribution >= 0.6 is 23.4 Å². The van der Waals surface area contributed by atoms with Crippen molar-refractivity contribution in [3.05, 3.63) is 29.5 Å². The van der Waals surface area contributed by atoms with Gasteiger partial charge < -0.3 is 5.32 Å². The molecule has 0 saturated carbocycles. The van der Waals surface area contributed by atoms with Gasteiger partial charge in [-0.25, -0.2) is 9.97 Å². The Kier molecular flexibility index (Phi) is 4.09. The van der Waals surface area contributed by atoms with Crippen molar-refractivity contribution in [1.29, 1.82) is 0 Å². The SMILES string of the molecule is Clc1nc(NCC2CCSCC2)c2ccccc2n1. The molecule has 1 aromatic carbocycles. The van der Waals surface area contributed by atoms with Gasteiger partial charge in [0.1, 0.15) is 5.82 Å². The molecule has 2 heterocycles. The molecule has 3 rings (SSSR count). The second-order valence-electron chi connectivity index (χ2n) is 4.80. The molecule has 1 saturated heterocycles. The summed E-state index contributed by atoms with van der Waals surface area (Å²) in [6.45, 7) is 0.970. The lowest BCUT2D eigenvalue weighted by Gasteiger charge is -2.22. The molecule has 1 fully saturated rings. The lowest BCUT2D eigenvalue weighted by atomic mass is 10.0. The van der Waals surface area contributed by atoms with E-state index in [1.165, 1.54) is 24.3 Å². The highest BCUT2D eigenvalue weighted by Crippen LogP contribution is 2.25. The average molecular weight is 294 g/mol. The number of fused-ring (bicyclic) bond motifs is 1. The minimum atomic E-state index is 0.306. The molecule has 1 aromatic heterocycles. The number of thioether (sulfide) groups is 1. The third kappa shape index (κ3) is 3.12. The number of anilines is 1. The van der Waals surface area contributed by atoms with Crippen molar-refractivity contribution in [2.24, 2.45) is 5.92 Å². The molecule has 1 aliphatic heterocycles. The molecule has 0 bridgehead atoms. The Morgan fingerprint density at radius 1 is 1.21 bits per heavy atom. The van der Waals surface area contributed by atoms with E-state index in [1.54, 1.807) is 0 Å².